The number of nitrogens with zero attached hydrogens (tertiary/aromatic N) is 6. The van der Waals surface area contributed by atoms with E-state index in [4.69, 9.17) is 11.6 Å². The SMILES string of the molecule is CN1CCN(CCCS(=O)(=O)N(C(=O)NC(=O)c2cccc(-n3cccn3)c2Cl)c2nc3ccccc3s2)CC1. The Bertz CT molecular complexity index is 1580. The monoisotopic (exact) mass is 601 g/mol. The average Bonchev–Trinajstić information content (AvgIpc) is 3.60. The van der Waals surface area contributed by atoms with Crippen LogP contribution in [0.1, 0.15) is 16.8 Å². The number of carbonyl (C=O) groups excluding carboxylic acids is 2. The number of benzene rings is 2. The minimum atomic E-state index is -4.18. The van der Waals surface area contributed by atoms with Crippen LogP contribution in [-0.2, 0) is 10.0 Å². The Balaban J connectivity index is 1.38. The van der Waals surface area contributed by atoms with Crippen LogP contribution in [0.15, 0.2) is 60.9 Å². The van der Waals surface area contributed by atoms with Crippen molar-refractivity contribution in [1.29, 1.82) is 0 Å². The Kier molecular flexibility index (Phi) is 8.47. The Labute approximate surface area is 241 Å². The number of hydrogen-bond donors (Lipinski definition) is 1. The number of piperazine rings is 1. The van der Waals surface area contributed by atoms with E-state index in [0.29, 0.717) is 33.2 Å². The zero-order chi connectivity index (χ0) is 28.3. The van der Waals surface area contributed by atoms with Crippen molar-refractivity contribution in [2.45, 2.75) is 6.42 Å². The number of amides is 3. The Hall–Kier alpha value is -3.36. The quantitative estimate of drug-likeness (QED) is 0.326. The van der Waals surface area contributed by atoms with Crippen LogP contribution >= 0.6 is 22.9 Å². The highest BCUT2D eigenvalue weighted by Gasteiger charge is 2.34. The minimum absolute atomic E-state index is 0.000249. The van der Waals surface area contributed by atoms with Crippen molar-refractivity contribution in [2.24, 2.45) is 0 Å². The summed E-state index contributed by atoms with van der Waals surface area (Å²) < 4.78 is 30.0. The number of thiazole rings is 1. The van der Waals surface area contributed by atoms with Gasteiger partial charge < -0.3 is 9.80 Å². The van der Waals surface area contributed by atoms with Gasteiger partial charge in [-0.05, 0) is 50.3 Å². The van der Waals surface area contributed by atoms with Gasteiger partial charge in [-0.15, -0.1) is 0 Å². The molecule has 0 aliphatic carbocycles. The van der Waals surface area contributed by atoms with Crippen LogP contribution in [0.2, 0.25) is 5.02 Å². The molecule has 40 heavy (non-hydrogen) atoms. The molecule has 0 saturated carbocycles. The van der Waals surface area contributed by atoms with E-state index in [-0.39, 0.29) is 21.5 Å². The summed E-state index contributed by atoms with van der Waals surface area (Å²) in [7, 11) is -2.13. The summed E-state index contributed by atoms with van der Waals surface area (Å²) in [6, 6.07) is 12.4. The Morgan fingerprint density at radius 3 is 2.58 bits per heavy atom. The molecule has 1 fully saturated rings. The third kappa shape index (κ3) is 6.18. The van der Waals surface area contributed by atoms with Crippen molar-refractivity contribution in [3.8, 4) is 5.69 Å². The predicted molar refractivity (Wildman–Crippen MR) is 156 cm³/mol. The first-order chi connectivity index (χ1) is 19.2. The highest BCUT2D eigenvalue weighted by Crippen LogP contribution is 2.31. The number of fused-ring (bicyclic) bond motifs is 1. The first-order valence-electron chi connectivity index (χ1n) is 12.7. The average molecular weight is 602 g/mol. The number of nitrogens with one attached hydrogen (secondary N) is 1. The zero-order valence-electron chi connectivity index (χ0n) is 21.7. The number of halogens is 1. The normalized spacial score (nSPS) is 14.8. The van der Waals surface area contributed by atoms with Crippen LogP contribution in [0.25, 0.3) is 15.9 Å². The molecular formula is C26H28ClN7O4S2. The molecule has 1 N–H and O–H groups in total. The van der Waals surface area contributed by atoms with Crippen LogP contribution in [0.4, 0.5) is 9.93 Å². The van der Waals surface area contributed by atoms with E-state index >= 15 is 0 Å². The topological polar surface area (TPSA) is 121 Å². The highest BCUT2D eigenvalue weighted by molar-refractivity contribution is 7.93. The minimum Gasteiger partial charge on any atom is -0.304 e. The van der Waals surface area contributed by atoms with E-state index in [1.807, 2.05) is 0 Å². The lowest BCUT2D eigenvalue weighted by Crippen LogP contribution is -2.48. The third-order valence-electron chi connectivity index (χ3n) is 6.59. The van der Waals surface area contributed by atoms with Gasteiger partial charge in [-0.1, -0.05) is 41.1 Å². The maximum atomic E-state index is 13.6. The van der Waals surface area contributed by atoms with Gasteiger partial charge >= 0.3 is 6.03 Å². The van der Waals surface area contributed by atoms with Gasteiger partial charge in [-0.25, -0.2) is 22.9 Å². The van der Waals surface area contributed by atoms with E-state index in [1.165, 1.54) is 10.7 Å². The molecule has 0 unspecified atom stereocenters. The number of imide groups is 1. The molecule has 4 aromatic rings. The third-order valence-corrected chi connectivity index (χ3v) is 9.82. The van der Waals surface area contributed by atoms with Crippen molar-refractivity contribution in [3.63, 3.8) is 0 Å². The number of para-hydroxylation sites is 1. The molecule has 1 aliphatic rings. The van der Waals surface area contributed by atoms with Crippen molar-refractivity contribution in [3.05, 3.63) is 71.5 Å². The maximum Gasteiger partial charge on any atom is 0.344 e. The van der Waals surface area contributed by atoms with Gasteiger partial charge in [-0.2, -0.15) is 9.40 Å². The highest BCUT2D eigenvalue weighted by atomic mass is 35.5. The number of rotatable bonds is 8. The number of likely N-dealkylation sites (N-methyl/N-ethyl adjacent to an activating group) is 1. The molecule has 1 aliphatic heterocycles. The second-order valence-electron chi connectivity index (χ2n) is 9.39. The predicted octanol–water partition coefficient (Wildman–Crippen LogP) is 3.46. The van der Waals surface area contributed by atoms with E-state index in [1.54, 1.807) is 54.9 Å². The van der Waals surface area contributed by atoms with Crippen LogP contribution in [0.5, 0.6) is 0 Å². The van der Waals surface area contributed by atoms with Crippen molar-refractivity contribution in [2.75, 3.05) is 49.8 Å². The smallest absolute Gasteiger partial charge is 0.304 e. The standard InChI is InChI=1S/C26H28ClN7O4S2/c1-31-14-16-32(17-15-31)12-6-18-40(37,38)34(26-29-20-8-2-3-10-22(20)39-26)25(36)30-24(35)19-7-4-9-21(23(19)27)33-13-5-11-28-33/h2-5,7-11,13H,6,12,14-18H2,1H3,(H,30,35,36). The summed E-state index contributed by atoms with van der Waals surface area (Å²) in [6.07, 6.45) is 3.56. The van der Waals surface area contributed by atoms with Gasteiger partial charge in [0.2, 0.25) is 15.2 Å². The van der Waals surface area contributed by atoms with Gasteiger partial charge in [0.15, 0.2) is 0 Å². The molecule has 14 heteroatoms. The van der Waals surface area contributed by atoms with Crippen LogP contribution < -0.4 is 9.62 Å². The zero-order valence-corrected chi connectivity index (χ0v) is 24.1. The molecule has 2 aromatic carbocycles. The molecule has 0 spiro atoms. The largest absolute Gasteiger partial charge is 0.344 e. The molecule has 210 valence electrons. The van der Waals surface area contributed by atoms with Gasteiger partial charge in [0.05, 0.1) is 32.2 Å². The van der Waals surface area contributed by atoms with Crippen molar-refractivity contribution in [1.82, 2.24) is 29.9 Å². The molecule has 0 atom stereocenters. The lowest BCUT2D eigenvalue weighted by Gasteiger charge is -2.32. The Morgan fingerprint density at radius 1 is 1.07 bits per heavy atom. The number of anilines is 1. The summed E-state index contributed by atoms with van der Waals surface area (Å²) in [4.78, 5) is 35.5. The number of aromatic nitrogens is 3. The number of urea groups is 1. The summed E-state index contributed by atoms with van der Waals surface area (Å²) in [6.45, 7) is 4.12. The van der Waals surface area contributed by atoms with Gasteiger partial charge in [0.25, 0.3) is 5.91 Å². The lowest BCUT2D eigenvalue weighted by molar-refractivity contribution is 0.0966. The van der Waals surface area contributed by atoms with Crippen molar-refractivity contribution < 1.29 is 18.0 Å². The molecular weight excluding hydrogens is 574 g/mol. The second kappa shape index (κ2) is 12.0. The molecule has 0 bridgehead atoms. The maximum absolute atomic E-state index is 13.6. The second-order valence-corrected chi connectivity index (χ2v) is 12.7. The van der Waals surface area contributed by atoms with Crippen LogP contribution in [0.3, 0.4) is 0 Å². The summed E-state index contributed by atoms with van der Waals surface area (Å²) >= 11 is 7.55. The van der Waals surface area contributed by atoms with Crippen LogP contribution in [-0.4, -0.2) is 90.4 Å². The van der Waals surface area contributed by atoms with Crippen molar-refractivity contribution >= 4 is 60.2 Å². The first kappa shape index (κ1) is 28.2. The van der Waals surface area contributed by atoms with Gasteiger partial charge in [0.1, 0.15) is 0 Å². The van der Waals surface area contributed by atoms with E-state index in [2.05, 4.69) is 32.2 Å². The molecule has 2 aromatic heterocycles. The molecule has 0 radical (unpaired) electrons. The summed E-state index contributed by atoms with van der Waals surface area (Å²) in [5.74, 6) is -1.13. The molecule has 11 nitrogen and oxygen atoms in total. The van der Waals surface area contributed by atoms with E-state index < -0.39 is 22.0 Å². The van der Waals surface area contributed by atoms with Gasteiger partial charge in [-0.3, -0.25) is 10.1 Å². The number of sulfonamides is 1. The first-order valence-corrected chi connectivity index (χ1v) is 15.5. The fourth-order valence-corrected chi connectivity index (χ4v) is 7.29. The fourth-order valence-electron chi connectivity index (χ4n) is 4.41. The van der Waals surface area contributed by atoms with Crippen LogP contribution in [0, 0.1) is 0 Å². The Morgan fingerprint density at radius 2 is 1.85 bits per heavy atom. The fraction of sp³-hybridized carbons (Fsp3) is 0.308. The van der Waals surface area contributed by atoms with E-state index in [0.717, 1.165) is 37.5 Å². The number of carbonyl (C=O) groups is 2. The molecule has 1 saturated heterocycles. The molecule has 5 rings (SSSR count). The molecule has 3 amide bonds. The number of hydrogen-bond acceptors (Lipinski definition) is 9. The van der Waals surface area contributed by atoms with Gasteiger partial charge in [0, 0.05) is 38.6 Å². The summed E-state index contributed by atoms with van der Waals surface area (Å²) in [5, 5.41) is 6.37. The molecule has 3 heterocycles. The lowest BCUT2D eigenvalue weighted by atomic mass is 10.2. The summed E-state index contributed by atoms with van der Waals surface area (Å²) in [5.41, 5.74) is 0.986. The van der Waals surface area contributed by atoms with E-state index in [9.17, 15) is 18.0 Å².